The third kappa shape index (κ3) is 1.63. The summed E-state index contributed by atoms with van der Waals surface area (Å²) in [4.78, 5) is 10.7. The zero-order chi connectivity index (χ0) is 10.1. The summed E-state index contributed by atoms with van der Waals surface area (Å²) in [5.41, 5.74) is 13.1. The van der Waals surface area contributed by atoms with Crippen molar-refractivity contribution in [3.8, 4) is 0 Å². The lowest BCUT2D eigenvalue weighted by Crippen LogP contribution is -2.20. The Hall–Kier alpha value is -1.36. The molecule has 1 aromatic rings. The second-order valence-corrected chi connectivity index (χ2v) is 3.70. The normalized spacial score (nSPS) is 20.5. The standard InChI is InChI=1S/C9H14N4O/c10-7-3-1-2-6-4-13(5-8(11)14)12-9(6)7/h4,7H,1-3,5,10H2,(H2,11,14)/t7-/m1/s1. The van der Waals surface area contributed by atoms with Crippen molar-refractivity contribution in [2.24, 2.45) is 11.5 Å². The van der Waals surface area contributed by atoms with Gasteiger partial charge in [0.15, 0.2) is 0 Å². The lowest BCUT2D eigenvalue weighted by atomic mass is 9.95. The minimum Gasteiger partial charge on any atom is -0.368 e. The summed E-state index contributed by atoms with van der Waals surface area (Å²) in [6.45, 7) is 0.139. The van der Waals surface area contributed by atoms with Gasteiger partial charge >= 0.3 is 0 Å². The molecular weight excluding hydrogens is 180 g/mol. The van der Waals surface area contributed by atoms with Gasteiger partial charge in [-0.05, 0) is 24.8 Å². The van der Waals surface area contributed by atoms with Crippen molar-refractivity contribution in [2.75, 3.05) is 0 Å². The van der Waals surface area contributed by atoms with Gasteiger partial charge in [-0.3, -0.25) is 9.48 Å². The maximum absolute atomic E-state index is 10.7. The third-order valence-corrected chi connectivity index (χ3v) is 2.50. The van der Waals surface area contributed by atoms with E-state index in [9.17, 15) is 4.79 Å². The van der Waals surface area contributed by atoms with E-state index in [0.717, 1.165) is 30.5 Å². The molecule has 0 bridgehead atoms. The molecule has 0 aliphatic heterocycles. The number of aryl methyl sites for hydroxylation is 1. The van der Waals surface area contributed by atoms with Crippen LogP contribution in [0.4, 0.5) is 0 Å². The number of nitrogens with two attached hydrogens (primary N) is 2. The van der Waals surface area contributed by atoms with Crippen LogP contribution in [0.1, 0.15) is 30.1 Å². The average Bonchev–Trinajstić information content (AvgIpc) is 2.47. The number of amides is 1. The summed E-state index contributed by atoms with van der Waals surface area (Å²) >= 11 is 0. The van der Waals surface area contributed by atoms with Crippen LogP contribution in [-0.4, -0.2) is 15.7 Å². The van der Waals surface area contributed by atoms with Crippen molar-refractivity contribution >= 4 is 5.91 Å². The number of carbonyl (C=O) groups is 1. The minimum absolute atomic E-state index is 0.0212. The first-order chi connectivity index (χ1) is 6.66. The molecule has 1 amide bonds. The zero-order valence-electron chi connectivity index (χ0n) is 7.94. The molecule has 1 atom stereocenters. The van der Waals surface area contributed by atoms with E-state index in [1.54, 1.807) is 4.68 Å². The Balaban J connectivity index is 2.26. The molecule has 4 N–H and O–H groups in total. The molecule has 2 rings (SSSR count). The monoisotopic (exact) mass is 194 g/mol. The number of hydrogen-bond acceptors (Lipinski definition) is 3. The van der Waals surface area contributed by atoms with Gasteiger partial charge in [0.25, 0.3) is 0 Å². The van der Waals surface area contributed by atoms with Crippen LogP contribution in [0.15, 0.2) is 6.20 Å². The summed E-state index contributed by atoms with van der Waals surface area (Å²) in [6.07, 6.45) is 4.94. The molecule has 1 aromatic heterocycles. The highest BCUT2D eigenvalue weighted by Gasteiger charge is 2.20. The Morgan fingerprint density at radius 3 is 3.14 bits per heavy atom. The second-order valence-electron chi connectivity index (χ2n) is 3.70. The zero-order valence-corrected chi connectivity index (χ0v) is 7.94. The predicted molar refractivity (Wildman–Crippen MR) is 51.3 cm³/mol. The molecule has 5 nitrogen and oxygen atoms in total. The molecule has 1 heterocycles. The van der Waals surface area contributed by atoms with Crippen LogP contribution >= 0.6 is 0 Å². The van der Waals surface area contributed by atoms with Gasteiger partial charge in [0.2, 0.25) is 5.91 Å². The van der Waals surface area contributed by atoms with Gasteiger partial charge in [-0.2, -0.15) is 5.10 Å². The Bertz CT molecular complexity index is 358. The van der Waals surface area contributed by atoms with Gasteiger partial charge in [-0.15, -0.1) is 0 Å². The molecule has 0 fully saturated rings. The number of hydrogen-bond donors (Lipinski definition) is 2. The molecule has 0 unspecified atom stereocenters. The van der Waals surface area contributed by atoms with E-state index in [4.69, 9.17) is 11.5 Å². The molecule has 1 aliphatic rings. The predicted octanol–water partition coefficient (Wildman–Crippen LogP) is -0.296. The van der Waals surface area contributed by atoms with Crippen molar-refractivity contribution in [3.63, 3.8) is 0 Å². The van der Waals surface area contributed by atoms with Gasteiger partial charge in [0, 0.05) is 12.2 Å². The minimum atomic E-state index is -0.376. The highest BCUT2D eigenvalue weighted by Crippen LogP contribution is 2.26. The second kappa shape index (κ2) is 3.42. The molecule has 14 heavy (non-hydrogen) atoms. The smallest absolute Gasteiger partial charge is 0.239 e. The number of primary amides is 1. The summed E-state index contributed by atoms with van der Waals surface area (Å²) in [7, 11) is 0. The number of aromatic nitrogens is 2. The first-order valence-electron chi connectivity index (χ1n) is 4.77. The van der Waals surface area contributed by atoms with Crippen molar-refractivity contribution < 1.29 is 4.79 Å². The lowest BCUT2D eigenvalue weighted by Gasteiger charge is -2.15. The molecule has 1 aliphatic carbocycles. The first-order valence-corrected chi connectivity index (χ1v) is 4.77. The SMILES string of the molecule is NC(=O)Cn1cc2c(n1)[C@H](N)CCC2. The van der Waals surface area contributed by atoms with Gasteiger partial charge in [-0.25, -0.2) is 0 Å². The van der Waals surface area contributed by atoms with Crippen LogP contribution in [0, 0.1) is 0 Å². The first kappa shape index (κ1) is 9.21. The number of rotatable bonds is 2. The summed E-state index contributed by atoms with van der Waals surface area (Å²) < 4.78 is 1.58. The quantitative estimate of drug-likeness (QED) is 0.677. The fourth-order valence-corrected chi connectivity index (χ4v) is 1.87. The van der Waals surface area contributed by atoms with E-state index in [1.807, 2.05) is 6.20 Å². The Labute approximate surface area is 82.1 Å². The van der Waals surface area contributed by atoms with Crippen molar-refractivity contribution in [1.29, 1.82) is 0 Å². The Morgan fingerprint density at radius 2 is 2.50 bits per heavy atom. The van der Waals surface area contributed by atoms with E-state index in [2.05, 4.69) is 5.10 Å². The molecule has 0 spiro atoms. The van der Waals surface area contributed by atoms with Crippen LogP contribution in [0.2, 0.25) is 0 Å². The van der Waals surface area contributed by atoms with E-state index < -0.39 is 0 Å². The number of fused-ring (bicyclic) bond motifs is 1. The highest BCUT2D eigenvalue weighted by molar-refractivity contribution is 5.73. The van der Waals surface area contributed by atoms with Crippen molar-refractivity contribution in [3.05, 3.63) is 17.5 Å². The molecule has 0 aromatic carbocycles. The summed E-state index contributed by atoms with van der Waals surface area (Å²) in [6, 6.07) is 0.0212. The van der Waals surface area contributed by atoms with Crippen LogP contribution in [0.5, 0.6) is 0 Å². The molecule has 0 saturated heterocycles. The van der Waals surface area contributed by atoms with Crippen LogP contribution < -0.4 is 11.5 Å². The molecular formula is C9H14N4O. The number of nitrogens with zero attached hydrogens (tertiary/aromatic N) is 2. The van der Waals surface area contributed by atoms with Gasteiger partial charge < -0.3 is 11.5 Å². The highest BCUT2D eigenvalue weighted by atomic mass is 16.1. The molecule has 0 saturated carbocycles. The molecule has 0 radical (unpaired) electrons. The fraction of sp³-hybridized carbons (Fsp3) is 0.556. The number of carbonyl (C=O) groups excluding carboxylic acids is 1. The Kier molecular flexibility index (Phi) is 2.25. The summed E-state index contributed by atoms with van der Waals surface area (Å²) in [5.74, 6) is -0.376. The fourth-order valence-electron chi connectivity index (χ4n) is 1.87. The Morgan fingerprint density at radius 1 is 1.71 bits per heavy atom. The summed E-state index contributed by atoms with van der Waals surface area (Å²) in [5, 5.41) is 4.26. The topological polar surface area (TPSA) is 86.9 Å². The van der Waals surface area contributed by atoms with E-state index in [1.165, 1.54) is 0 Å². The van der Waals surface area contributed by atoms with E-state index in [-0.39, 0.29) is 18.5 Å². The van der Waals surface area contributed by atoms with Crippen LogP contribution in [0.25, 0.3) is 0 Å². The van der Waals surface area contributed by atoms with Crippen LogP contribution in [-0.2, 0) is 17.8 Å². The van der Waals surface area contributed by atoms with Gasteiger partial charge in [0.05, 0.1) is 5.69 Å². The lowest BCUT2D eigenvalue weighted by molar-refractivity contribution is -0.118. The average molecular weight is 194 g/mol. The van der Waals surface area contributed by atoms with Gasteiger partial charge in [0.1, 0.15) is 6.54 Å². The van der Waals surface area contributed by atoms with Crippen LogP contribution in [0.3, 0.4) is 0 Å². The van der Waals surface area contributed by atoms with E-state index in [0.29, 0.717) is 0 Å². The third-order valence-electron chi connectivity index (χ3n) is 2.50. The molecule has 5 heteroatoms. The maximum atomic E-state index is 10.7. The maximum Gasteiger partial charge on any atom is 0.239 e. The van der Waals surface area contributed by atoms with Crippen molar-refractivity contribution in [2.45, 2.75) is 31.8 Å². The van der Waals surface area contributed by atoms with E-state index >= 15 is 0 Å². The largest absolute Gasteiger partial charge is 0.368 e. The molecule has 76 valence electrons. The van der Waals surface area contributed by atoms with Gasteiger partial charge in [-0.1, -0.05) is 0 Å². The van der Waals surface area contributed by atoms with Crippen molar-refractivity contribution in [1.82, 2.24) is 9.78 Å².